The monoisotopic (exact) mass is 277 g/mol. The van der Waals surface area contributed by atoms with Crippen molar-refractivity contribution in [3.63, 3.8) is 0 Å². The lowest BCUT2D eigenvalue weighted by Crippen LogP contribution is -2.27. The van der Waals surface area contributed by atoms with E-state index in [1.165, 1.54) is 25.7 Å². The van der Waals surface area contributed by atoms with Crippen LogP contribution in [0.3, 0.4) is 0 Å². The van der Waals surface area contributed by atoms with Crippen LogP contribution in [0.2, 0.25) is 0 Å². The normalized spacial score (nSPS) is 23.1. The van der Waals surface area contributed by atoms with E-state index in [1.807, 2.05) is 24.3 Å². The summed E-state index contributed by atoms with van der Waals surface area (Å²) in [4.78, 5) is 12.7. The van der Waals surface area contributed by atoms with Gasteiger partial charge in [-0.05, 0) is 30.4 Å². The number of carbonyl (C=O) groups is 1. The summed E-state index contributed by atoms with van der Waals surface area (Å²) in [5.41, 5.74) is 0.670. The Morgan fingerprint density at radius 1 is 1.26 bits per heavy atom. The number of thiol groups is 1. The minimum Gasteiger partial charge on any atom is -0.352 e. The van der Waals surface area contributed by atoms with Crippen molar-refractivity contribution >= 4 is 18.5 Å². The molecular formula is C16H23NOS. The van der Waals surface area contributed by atoms with Gasteiger partial charge in [-0.15, -0.1) is 12.6 Å². The fourth-order valence-electron chi connectivity index (χ4n) is 2.77. The molecule has 0 heterocycles. The van der Waals surface area contributed by atoms with Gasteiger partial charge in [0.25, 0.3) is 5.91 Å². The Morgan fingerprint density at radius 2 is 1.95 bits per heavy atom. The Hall–Kier alpha value is -0.960. The first-order valence-electron chi connectivity index (χ1n) is 7.23. The summed E-state index contributed by atoms with van der Waals surface area (Å²) < 4.78 is 0. The quantitative estimate of drug-likeness (QED) is 0.802. The molecule has 1 aromatic rings. The highest BCUT2D eigenvalue weighted by molar-refractivity contribution is 7.80. The van der Waals surface area contributed by atoms with Gasteiger partial charge in [0.2, 0.25) is 0 Å². The van der Waals surface area contributed by atoms with Crippen molar-refractivity contribution in [2.24, 2.45) is 11.8 Å². The largest absolute Gasteiger partial charge is 0.352 e. The second kappa shape index (κ2) is 6.99. The zero-order valence-electron chi connectivity index (χ0n) is 11.6. The summed E-state index contributed by atoms with van der Waals surface area (Å²) in [6.07, 6.45) is 6.43. The van der Waals surface area contributed by atoms with E-state index in [-0.39, 0.29) is 5.91 Å². The maximum atomic E-state index is 12.0. The average molecular weight is 277 g/mol. The molecule has 0 saturated heterocycles. The topological polar surface area (TPSA) is 29.1 Å². The molecule has 1 aliphatic rings. The average Bonchev–Trinajstić information content (AvgIpc) is 2.41. The van der Waals surface area contributed by atoms with Gasteiger partial charge in [-0.3, -0.25) is 4.79 Å². The highest BCUT2D eigenvalue weighted by Gasteiger charge is 2.18. The number of carbonyl (C=O) groups excluding carboxylic acids is 1. The van der Waals surface area contributed by atoms with Crippen molar-refractivity contribution in [3.8, 4) is 0 Å². The van der Waals surface area contributed by atoms with Gasteiger partial charge >= 0.3 is 0 Å². The minimum absolute atomic E-state index is 0.00484. The fraction of sp³-hybridized carbons (Fsp3) is 0.562. The van der Waals surface area contributed by atoms with Crippen LogP contribution in [0.25, 0.3) is 0 Å². The highest BCUT2D eigenvalue weighted by Crippen LogP contribution is 2.29. The Balaban J connectivity index is 1.74. The van der Waals surface area contributed by atoms with Crippen LogP contribution in [0.5, 0.6) is 0 Å². The molecule has 104 valence electrons. The van der Waals surface area contributed by atoms with E-state index in [1.54, 1.807) is 0 Å². The Morgan fingerprint density at radius 3 is 2.63 bits per heavy atom. The van der Waals surface area contributed by atoms with E-state index in [9.17, 15) is 4.79 Å². The fourth-order valence-corrected chi connectivity index (χ4v) is 3.03. The molecule has 2 rings (SSSR count). The van der Waals surface area contributed by atoms with E-state index in [2.05, 4.69) is 24.9 Å². The smallest absolute Gasteiger partial charge is 0.252 e. The third-order valence-corrected chi connectivity index (χ3v) is 4.51. The van der Waals surface area contributed by atoms with Gasteiger partial charge in [0, 0.05) is 11.4 Å². The van der Waals surface area contributed by atoms with Crippen LogP contribution in [-0.2, 0) is 0 Å². The Labute approximate surface area is 121 Å². The third-order valence-electron chi connectivity index (χ3n) is 4.12. The molecule has 2 nitrogen and oxygen atoms in total. The predicted octanol–water partition coefficient (Wildman–Crippen LogP) is 3.92. The molecule has 3 heteroatoms. The summed E-state index contributed by atoms with van der Waals surface area (Å²) in [5.74, 6) is 1.68. The maximum absolute atomic E-state index is 12.0. The van der Waals surface area contributed by atoms with E-state index in [0.29, 0.717) is 5.56 Å². The van der Waals surface area contributed by atoms with Crippen molar-refractivity contribution in [3.05, 3.63) is 29.8 Å². The number of hydrogen-bond acceptors (Lipinski definition) is 2. The van der Waals surface area contributed by atoms with Crippen LogP contribution in [0.15, 0.2) is 29.2 Å². The molecule has 19 heavy (non-hydrogen) atoms. The molecule has 0 radical (unpaired) electrons. The molecule has 0 aliphatic heterocycles. The number of benzene rings is 1. The van der Waals surface area contributed by atoms with Crippen molar-refractivity contribution < 1.29 is 4.79 Å². The SMILES string of the molecule is CC1CCC(CCNC(=O)c2ccccc2S)CC1. The number of amides is 1. The molecule has 0 unspecified atom stereocenters. The molecular weight excluding hydrogens is 254 g/mol. The number of nitrogens with one attached hydrogen (secondary N) is 1. The summed E-state index contributed by atoms with van der Waals surface area (Å²) >= 11 is 4.31. The lowest BCUT2D eigenvalue weighted by Gasteiger charge is -2.26. The third kappa shape index (κ3) is 4.27. The number of rotatable bonds is 4. The summed E-state index contributed by atoms with van der Waals surface area (Å²) in [7, 11) is 0. The van der Waals surface area contributed by atoms with Crippen LogP contribution >= 0.6 is 12.6 Å². The van der Waals surface area contributed by atoms with Crippen molar-refractivity contribution in [2.45, 2.75) is 43.9 Å². The molecule has 0 bridgehead atoms. The van der Waals surface area contributed by atoms with Crippen LogP contribution in [-0.4, -0.2) is 12.5 Å². The van der Waals surface area contributed by atoms with Crippen molar-refractivity contribution in [1.29, 1.82) is 0 Å². The lowest BCUT2D eigenvalue weighted by molar-refractivity contribution is 0.0947. The second-order valence-corrected chi connectivity index (χ2v) is 6.17. The molecule has 1 amide bonds. The molecule has 1 aliphatic carbocycles. The van der Waals surface area contributed by atoms with Gasteiger partial charge < -0.3 is 5.32 Å². The van der Waals surface area contributed by atoms with E-state index >= 15 is 0 Å². The Bertz CT molecular complexity index is 425. The highest BCUT2D eigenvalue weighted by atomic mass is 32.1. The first-order chi connectivity index (χ1) is 9.16. The lowest BCUT2D eigenvalue weighted by atomic mass is 9.81. The molecule has 1 N–H and O–H groups in total. The van der Waals surface area contributed by atoms with Gasteiger partial charge in [0.15, 0.2) is 0 Å². The Kier molecular flexibility index (Phi) is 5.32. The zero-order valence-corrected chi connectivity index (χ0v) is 12.5. The maximum Gasteiger partial charge on any atom is 0.252 e. The molecule has 1 aromatic carbocycles. The minimum atomic E-state index is -0.00484. The van der Waals surface area contributed by atoms with Gasteiger partial charge in [-0.2, -0.15) is 0 Å². The van der Waals surface area contributed by atoms with Crippen molar-refractivity contribution in [2.75, 3.05) is 6.54 Å². The van der Waals surface area contributed by atoms with Crippen LogP contribution in [0.4, 0.5) is 0 Å². The van der Waals surface area contributed by atoms with E-state index < -0.39 is 0 Å². The summed E-state index contributed by atoms with van der Waals surface area (Å²) in [6, 6.07) is 7.43. The predicted molar refractivity (Wildman–Crippen MR) is 81.8 cm³/mol. The first-order valence-corrected chi connectivity index (χ1v) is 7.67. The van der Waals surface area contributed by atoms with Gasteiger partial charge in [0.1, 0.15) is 0 Å². The standard InChI is InChI=1S/C16H23NOS/c1-12-6-8-13(9-7-12)10-11-17-16(18)14-4-2-3-5-15(14)19/h2-5,12-13,19H,6-11H2,1H3,(H,17,18). The van der Waals surface area contributed by atoms with Crippen LogP contribution in [0, 0.1) is 11.8 Å². The van der Waals surface area contributed by atoms with E-state index in [0.717, 1.165) is 29.7 Å². The van der Waals surface area contributed by atoms with Crippen molar-refractivity contribution in [1.82, 2.24) is 5.32 Å². The molecule has 0 aromatic heterocycles. The van der Waals surface area contributed by atoms with Gasteiger partial charge in [-0.25, -0.2) is 0 Å². The number of hydrogen-bond donors (Lipinski definition) is 2. The summed E-state index contributed by atoms with van der Waals surface area (Å²) in [5, 5.41) is 3.01. The van der Waals surface area contributed by atoms with Crippen LogP contribution < -0.4 is 5.32 Å². The van der Waals surface area contributed by atoms with Gasteiger partial charge in [-0.1, -0.05) is 44.7 Å². The molecule has 1 saturated carbocycles. The van der Waals surface area contributed by atoms with Crippen LogP contribution in [0.1, 0.15) is 49.4 Å². The second-order valence-electron chi connectivity index (χ2n) is 5.69. The summed E-state index contributed by atoms with van der Waals surface area (Å²) in [6.45, 7) is 3.11. The zero-order chi connectivity index (χ0) is 13.7. The molecule has 0 spiro atoms. The molecule has 1 fully saturated rings. The van der Waals surface area contributed by atoms with E-state index in [4.69, 9.17) is 0 Å². The first kappa shape index (κ1) is 14.4. The van der Waals surface area contributed by atoms with Gasteiger partial charge in [0.05, 0.1) is 5.56 Å². The molecule has 0 atom stereocenters.